The Bertz CT molecular complexity index is 565. The molecule has 20 heavy (non-hydrogen) atoms. The van der Waals surface area contributed by atoms with Crippen LogP contribution < -0.4 is 5.32 Å². The van der Waals surface area contributed by atoms with E-state index in [-0.39, 0.29) is 5.91 Å². The van der Waals surface area contributed by atoms with Crippen LogP contribution in [0.25, 0.3) is 0 Å². The van der Waals surface area contributed by atoms with Crippen molar-refractivity contribution in [1.29, 1.82) is 0 Å². The minimum Gasteiger partial charge on any atom is -0.481 e. The van der Waals surface area contributed by atoms with Gasteiger partial charge in [-0.15, -0.1) is 10.2 Å². The zero-order valence-corrected chi connectivity index (χ0v) is 11.6. The molecule has 0 unspecified atom stereocenters. The summed E-state index contributed by atoms with van der Waals surface area (Å²) in [6, 6.07) is 0. The van der Waals surface area contributed by atoms with Crippen LogP contribution in [0.1, 0.15) is 36.6 Å². The quantitative estimate of drug-likeness (QED) is 0.829. The summed E-state index contributed by atoms with van der Waals surface area (Å²) >= 11 is 1.39. The predicted octanol–water partition coefficient (Wildman–Crippen LogP) is 2.02. The lowest BCUT2D eigenvalue weighted by Crippen LogP contribution is -2.34. The number of carbonyl (C=O) groups excluding carboxylic acids is 1. The van der Waals surface area contributed by atoms with Crippen LogP contribution in [0, 0.1) is 11.8 Å². The maximum absolute atomic E-state index is 12.2. The molecule has 0 bridgehead atoms. The molecule has 0 aromatic carbocycles. The number of carboxylic acids is 1. The predicted molar refractivity (Wildman–Crippen MR) is 73.5 cm³/mol. The molecule has 0 saturated heterocycles. The zero-order valence-electron chi connectivity index (χ0n) is 10.8. The highest BCUT2D eigenvalue weighted by molar-refractivity contribution is 7.15. The van der Waals surface area contributed by atoms with Crippen molar-refractivity contribution in [1.82, 2.24) is 10.2 Å². The Kier molecular flexibility index (Phi) is 3.52. The summed E-state index contributed by atoms with van der Waals surface area (Å²) in [6.45, 7) is 0. The van der Waals surface area contributed by atoms with Gasteiger partial charge in [-0.3, -0.25) is 9.59 Å². The summed E-state index contributed by atoms with van der Waals surface area (Å²) in [6.07, 6.45) is 6.81. The Morgan fingerprint density at radius 3 is 2.55 bits per heavy atom. The minimum absolute atomic E-state index is 0.278. The van der Waals surface area contributed by atoms with Crippen molar-refractivity contribution < 1.29 is 14.7 Å². The first-order chi connectivity index (χ1) is 9.65. The van der Waals surface area contributed by atoms with E-state index in [1.807, 2.05) is 12.2 Å². The van der Waals surface area contributed by atoms with E-state index >= 15 is 0 Å². The van der Waals surface area contributed by atoms with E-state index in [1.165, 1.54) is 11.3 Å². The molecule has 1 fully saturated rings. The van der Waals surface area contributed by atoms with Crippen molar-refractivity contribution in [3.05, 3.63) is 17.2 Å². The van der Waals surface area contributed by atoms with Gasteiger partial charge in [-0.1, -0.05) is 23.5 Å². The number of rotatable bonds is 4. The molecule has 7 heteroatoms. The van der Waals surface area contributed by atoms with Gasteiger partial charge in [0.25, 0.3) is 0 Å². The van der Waals surface area contributed by atoms with Crippen molar-refractivity contribution in [2.45, 2.75) is 31.6 Å². The van der Waals surface area contributed by atoms with Crippen LogP contribution in [0.15, 0.2) is 12.2 Å². The number of hydrogen-bond donors (Lipinski definition) is 2. The highest BCUT2D eigenvalue weighted by Crippen LogP contribution is 2.42. The van der Waals surface area contributed by atoms with Gasteiger partial charge < -0.3 is 10.4 Å². The van der Waals surface area contributed by atoms with E-state index < -0.39 is 17.8 Å². The topological polar surface area (TPSA) is 92.2 Å². The summed E-state index contributed by atoms with van der Waals surface area (Å²) in [5.41, 5.74) is 0. The maximum Gasteiger partial charge on any atom is 0.307 e. The van der Waals surface area contributed by atoms with Gasteiger partial charge in [0.1, 0.15) is 5.01 Å². The van der Waals surface area contributed by atoms with Gasteiger partial charge in [-0.05, 0) is 25.7 Å². The number of anilines is 1. The largest absolute Gasteiger partial charge is 0.481 e. The van der Waals surface area contributed by atoms with Crippen LogP contribution in [0.4, 0.5) is 5.13 Å². The summed E-state index contributed by atoms with van der Waals surface area (Å²) in [4.78, 5) is 23.4. The SMILES string of the molecule is O=C(O)[C@H]1CC=CC[C@H]1C(=O)Nc1nnc(C2CC2)s1. The number of carboxylic acid groups (broad SMARTS) is 1. The number of carbonyl (C=O) groups is 2. The third kappa shape index (κ3) is 2.72. The van der Waals surface area contributed by atoms with E-state index in [4.69, 9.17) is 5.11 Å². The molecule has 1 heterocycles. The molecule has 1 aromatic heterocycles. The third-order valence-corrected chi connectivity index (χ3v) is 4.68. The average molecular weight is 293 g/mol. The van der Waals surface area contributed by atoms with E-state index in [9.17, 15) is 9.59 Å². The number of aliphatic carboxylic acids is 1. The summed E-state index contributed by atoms with van der Waals surface area (Å²) in [5, 5.41) is 21.3. The zero-order chi connectivity index (χ0) is 14.1. The van der Waals surface area contributed by atoms with Crippen LogP contribution in [0.3, 0.4) is 0 Å². The van der Waals surface area contributed by atoms with Crippen LogP contribution in [0.2, 0.25) is 0 Å². The average Bonchev–Trinajstić information content (AvgIpc) is 3.19. The van der Waals surface area contributed by atoms with E-state index in [1.54, 1.807) is 0 Å². The fourth-order valence-corrected chi connectivity index (χ4v) is 3.27. The van der Waals surface area contributed by atoms with Gasteiger partial charge in [0, 0.05) is 5.92 Å². The Labute approximate surface area is 119 Å². The van der Waals surface area contributed by atoms with Crippen LogP contribution in [0.5, 0.6) is 0 Å². The summed E-state index contributed by atoms with van der Waals surface area (Å²) in [5.74, 6) is -1.89. The van der Waals surface area contributed by atoms with Crippen molar-refractivity contribution >= 4 is 28.3 Å². The summed E-state index contributed by atoms with van der Waals surface area (Å²) in [7, 11) is 0. The fourth-order valence-electron chi connectivity index (χ4n) is 2.36. The Morgan fingerprint density at radius 2 is 1.90 bits per heavy atom. The van der Waals surface area contributed by atoms with Crippen molar-refractivity contribution in [2.75, 3.05) is 5.32 Å². The van der Waals surface area contributed by atoms with Gasteiger partial charge in [-0.25, -0.2) is 0 Å². The molecule has 0 radical (unpaired) electrons. The van der Waals surface area contributed by atoms with Crippen molar-refractivity contribution in [2.24, 2.45) is 11.8 Å². The van der Waals surface area contributed by atoms with Crippen molar-refractivity contribution in [3.63, 3.8) is 0 Å². The number of nitrogens with one attached hydrogen (secondary N) is 1. The first kappa shape index (κ1) is 13.2. The second-order valence-corrected chi connectivity index (χ2v) is 6.21. The van der Waals surface area contributed by atoms with Gasteiger partial charge in [0.05, 0.1) is 11.8 Å². The smallest absolute Gasteiger partial charge is 0.307 e. The number of aromatic nitrogens is 2. The normalized spacial score (nSPS) is 25.4. The number of nitrogens with zero attached hydrogens (tertiary/aromatic N) is 2. The molecule has 0 aliphatic heterocycles. The second-order valence-electron chi connectivity index (χ2n) is 5.20. The highest BCUT2D eigenvalue weighted by Gasteiger charge is 2.34. The standard InChI is InChI=1S/C13H15N3O3S/c17-10(8-3-1-2-4-9(8)12(18)19)14-13-16-15-11(20-13)7-5-6-7/h1-2,7-9H,3-6H2,(H,18,19)(H,14,16,17)/t8-,9+/m1/s1. The van der Waals surface area contributed by atoms with Gasteiger partial charge in [0.2, 0.25) is 11.0 Å². The summed E-state index contributed by atoms with van der Waals surface area (Å²) < 4.78 is 0. The monoisotopic (exact) mass is 293 g/mol. The van der Waals surface area contributed by atoms with Gasteiger partial charge >= 0.3 is 5.97 Å². The molecule has 0 spiro atoms. The molecule has 1 aromatic rings. The molecule has 1 saturated carbocycles. The maximum atomic E-state index is 12.2. The molecular formula is C13H15N3O3S. The first-order valence-corrected chi connectivity index (χ1v) is 7.49. The molecule has 2 atom stereocenters. The van der Waals surface area contributed by atoms with E-state index in [2.05, 4.69) is 15.5 Å². The molecule has 1 amide bonds. The second kappa shape index (κ2) is 5.32. The van der Waals surface area contributed by atoms with Crippen LogP contribution >= 0.6 is 11.3 Å². The minimum atomic E-state index is -0.926. The number of amides is 1. The fraction of sp³-hybridized carbons (Fsp3) is 0.538. The molecule has 106 valence electrons. The molecule has 2 aliphatic carbocycles. The molecule has 2 aliphatic rings. The third-order valence-electron chi connectivity index (χ3n) is 3.68. The molecule has 3 rings (SSSR count). The first-order valence-electron chi connectivity index (χ1n) is 6.67. The molecular weight excluding hydrogens is 278 g/mol. The molecule has 6 nitrogen and oxygen atoms in total. The number of hydrogen-bond acceptors (Lipinski definition) is 5. The van der Waals surface area contributed by atoms with Gasteiger partial charge in [0.15, 0.2) is 0 Å². The van der Waals surface area contributed by atoms with Crippen molar-refractivity contribution in [3.8, 4) is 0 Å². The Hall–Kier alpha value is -1.76. The van der Waals surface area contributed by atoms with E-state index in [0.717, 1.165) is 17.8 Å². The lowest BCUT2D eigenvalue weighted by atomic mass is 9.82. The van der Waals surface area contributed by atoms with Gasteiger partial charge in [-0.2, -0.15) is 0 Å². The lowest BCUT2D eigenvalue weighted by Gasteiger charge is -2.23. The van der Waals surface area contributed by atoms with Crippen LogP contribution in [-0.2, 0) is 9.59 Å². The lowest BCUT2D eigenvalue weighted by molar-refractivity contribution is -0.146. The Balaban J connectivity index is 1.67. The van der Waals surface area contributed by atoms with Crippen LogP contribution in [-0.4, -0.2) is 27.2 Å². The molecule has 2 N–H and O–H groups in total. The van der Waals surface area contributed by atoms with E-state index in [0.29, 0.717) is 23.9 Å². The highest BCUT2D eigenvalue weighted by atomic mass is 32.1. The Morgan fingerprint density at radius 1 is 1.20 bits per heavy atom. The number of allylic oxidation sites excluding steroid dienone is 2.